The zero-order valence-corrected chi connectivity index (χ0v) is 18.6. The number of para-hydroxylation sites is 2. The van der Waals surface area contributed by atoms with Gasteiger partial charge in [0.25, 0.3) is 5.56 Å². The molecule has 0 aliphatic carbocycles. The van der Waals surface area contributed by atoms with Crippen LogP contribution < -0.4 is 20.7 Å². The third-order valence-electron chi connectivity index (χ3n) is 5.29. The van der Waals surface area contributed by atoms with Gasteiger partial charge in [-0.1, -0.05) is 38.1 Å². The highest BCUT2D eigenvalue weighted by molar-refractivity contribution is 5.73. The van der Waals surface area contributed by atoms with Crippen molar-refractivity contribution in [2.75, 3.05) is 14.2 Å². The van der Waals surface area contributed by atoms with Crippen molar-refractivity contribution >= 4 is 11.2 Å². The van der Waals surface area contributed by atoms with E-state index in [0.29, 0.717) is 35.7 Å². The summed E-state index contributed by atoms with van der Waals surface area (Å²) in [6.07, 6.45) is 1.60. The smallest absolute Gasteiger partial charge is 0.337 e. The van der Waals surface area contributed by atoms with Crippen LogP contribution in [0.4, 0.5) is 0 Å². The van der Waals surface area contributed by atoms with Gasteiger partial charge in [-0.15, -0.1) is 0 Å². The highest BCUT2D eigenvalue weighted by Gasteiger charge is 2.21. The Labute approximate surface area is 185 Å². The topological polar surface area (TPSA) is 80.3 Å². The summed E-state index contributed by atoms with van der Waals surface area (Å²) in [6, 6.07) is 14.8. The van der Waals surface area contributed by atoms with Crippen molar-refractivity contribution in [1.82, 2.24) is 18.7 Å². The lowest BCUT2D eigenvalue weighted by Crippen LogP contribution is -2.41. The first-order valence-electron chi connectivity index (χ1n) is 10.4. The number of methoxy groups -OCH3 is 2. The van der Waals surface area contributed by atoms with Gasteiger partial charge in [0.05, 0.1) is 26.2 Å². The molecule has 8 nitrogen and oxygen atoms in total. The van der Waals surface area contributed by atoms with E-state index in [-0.39, 0.29) is 11.5 Å². The third-order valence-corrected chi connectivity index (χ3v) is 5.29. The number of nitrogens with zero attached hydrogens (tertiary/aromatic N) is 4. The Kier molecular flexibility index (Phi) is 5.85. The second-order valence-corrected chi connectivity index (χ2v) is 7.99. The Bertz CT molecular complexity index is 1360. The molecule has 2 heterocycles. The fourth-order valence-electron chi connectivity index (χ4n) is 3.79. The first kappa shape index (κ1) is 21.4. The molecule has 0 radical (unpaired) electrons. The van der Waals surface area contributed by atoms with Gasteiger partial charge in [-0.2, -0.15) is 0 Å². The van der Waals surface area contributed by atoms with Crippen LogP contribution in [0.5, 0.6) is 11.5 Å². The Balaban J connectivity index is 1.97. The molecule has 0 N–H and O–H groups in total. The number of rotatable bonds is 7. The molecule has 0 bridgehead atoms. The quantitative estimate of drug-likeness (QED) is 0.447. The van der Waals surface area contributed by atoms with E-state index in [2.05, 4.69) is 4.98 Å². The maximum Gasteiger partial charge on any atom is 0.337 e. The molecular weight excluding hydrogens is 408 g/mol. The van der Waals surface area contributed by atoms with Gasteiger partial charge in [0.15, 0.2) is 11.2 Å². The molecule has 0 saturated heterocycles. The number of hydrogen-bond donors (Lipinski definition) is 0. The second kappa shape index (κ2) is 8.74. The Morgan fingerprint density at radius 2 is 1.69 bits per heavy atom. The van der Waals surface area contributed by atoms with Crippen LogP contribution in [0.1, 0.15) is 19.4 Å². The zero-order chi connectivity index (χ0) is 22.8. The lowest BCUT2D eigenvalue weighted by molar-refractivity contribution is 0.411. The molecule has 2 aromatic heterocycles. The van der Waals surface area contributed by atoms with Crippen LogP contribution >= 0.6 is 0 Å². The highest BCUT2D eigenvalue weighted by Crippen LogP contribution is 2.23. The number of benzene rings is 2. The zero-order valence-electron chi connectivity index (χ0n) is 18.6. The standard InChI is InChI=1S/C24H26N4O4/c1-16(2)13-27-23(29)21-22(28(24(27)30)19-7-5-6-8-20(19)32-4)25-15-26(21)14-17-9-11-18(31-3)12-10-17/h5-12,15-16H,13-14H2,1-4H3. The molecule has 166 valence electrons. The lowest BCUT2D eigenvalue weighted by atomic mass is 10.2. The summed E-state index contributed by atoms with van der Waals surface area (Å²) < 4.78 is 15.2. The fourth-order valence-corrected chi connectivity index (χ4v) is 3.79. The first-order chi connectivity index (χ1) is 15.4. The largest absolute Gasteiger partial charge is 0.497 e. The van der Waals surface area contributed by atoms with Gasteiger partial charge in [-0.05, 0) is 35.7 Å². The van der Waals surface area contributed by atoms with Crippen LogP contribution in [0.3, 0.4) is 0 Å². The molecule has 2 aromatic carbocycles. The molecule has 0 amide bonds. The van der Waals surface area contributed by atoms with Gasteiger partial charge in [-0.25, -0.2) is 14.3 Å². The van der Waals surface area contributed by atoms with Gasteiger partial charge >= 0.3 is 5.69 Å². The molecule has 0 fully saturated rings. The van der Waals surface area contributed by atoms with Crippen LogP contribution in [0, 0.1) is 5.92 Å². The van der Waals surface area contributed by atoms with Crippen LogP contribution in [0.2, 0.25) is 0 Å². The van der Waals surface area contributed by atoms with Crippen molar-refractivity contribution in [2.45, 2.75) is 26.9 Å². The molecule has 8 heteroatoms. The van der Waals surface area contributed by atoms with Crippen molar-refractivity contribution in [3.05, 3.63) is 81.3 Å². The number of fused-ring (bicyclic) bond motifs is 1. The molecule has 32 heavy (non-hydrogen) atoms. The Hall–Kier alpha value is -3.81. The van der Waals surface area contributed by atoms with E-state index in [1.807, 2.05) is 50.2 Å². The van der Waals surface area contributed by atoms with Crippen LogP contribution in [0.25, 0.3) is 16.9 Å². The normalized spacial score (nSPS) is 11.3. The van der Waals surface area contributed by atoms with Gasteiger partial charge in [0, 0.05) is 13.1 Å². The van der Waals surface area contributed by atoms with E-state index in [0.717, 1.165) is 11.3 Å². The highest BCUT2D eigenvalue weighted by atomic mass is 16.5. The molecule has 0 unspecified atom stereocenters. The van der Waals surface area contributed by atoms with Crippen LogP contribution in [0.15, 0.2) is 64.4 Å². The number of hydrogen-bond acceptors (Lipinski definition) is 5. The van der Waals surface area contributed by atoms with Gasteiger partial charge in [-0.3, -0.25) is 9.36 Å². The third kappa shape index (κ3) is 3.79. The summed E-state index contributed by atoms with van der Waals surface area (Å²) >= 11 is 0. The lowest BCUT2D eigenvalue weighted by Gasteiger charge is -2.16. The maximum atomic E-state index is 13.5. The maximum absolute atomic E-state index is 13.5. The summed E-state index contributed by atoms with van der Waals surface area (Å²) in [4.78, 5) is 31.4. The van der Waals surface area contributed by atoms with Crippen molar-refractivity contribution in [2.24, 2.45) is 5.92 Å². The first-order valence-corrected chi connectivity index (χ1v) is 10.4. The predicted molar refractivity (Wildman–Crippen MR) is 123 cm³/mol. The van der Waals surface area contributed by atoms with Gasteiger partial charge in [0.2, 0.25) is 0 Å². The minimum absolute atomic E-state index is 0.113. The number of aromatic nitrogens is 4. The summed E-state index contributed by atoms with van der Waals surface area (Å²) in [5, 5.41) is 0. The summed E-state index contributed by atoms with van der Waals surface area (Å²) in [7, 11) is 3.17. The van der Waals surface area contributed by atoms with Gasteiger partial charge < -0.3 is 14.0 Å². The number of ether oxygens (including phenoxy) is 2. The summed E-state index contributed by atoms with van der Waals surface area (Å²) in [5.74, 6) is 1.39. The average molecular weight is 434 g/mol. The summed E-state index contributed by atoms with van der Waals surface area (Å²) in [6.45, 7) is 4.67. The Morgan fingerprint density at radius 1 is 0.969 bits per heavy atom. The van der Waals surface area contributed by atoms with E-state index in [1.54, 1.807) is 37.2 Å². The average Bonchev–Trinajstić information content (AvgIpc) is 3.20. The van der Waals surface area contributed by atoms with E-state index in [4.69, 9.17) is 9.47 Å². The monoisotopic (exact) mass is 434 g/mol. The SMILES string of the molecule is COc1ccc(Cn2cnc3c2c(=O)n(CC(C)C)c(=O)n3-c2ccccc2OC)cc1. The molecule has 4 rings (SSSR count). The molecule has 0 atom stereocenters. The van der Waals surface area contributed by atoms with Crippen LogP contribution in [-0.2, 0) is 13.1 Å². The molecule has 0 saturated carbocycles. The minimum Gasteiger partial charge on any atom is -0.497 e. The molecule has 0 aliphatic heterocycles. The van der Waals surface area contributed by atoms with Gasteiger partial charge in [0.1, 0.15) is 11.5 Å². The number of imidazole rings is 1. The van der Waals surface area contributed by atoms with E-state index in [1.165, 1.54) is 9.13 Å². The minimum atomic E-state index is -0.435. The van der Waals surface area contributed by atoms with E-state index >= 15 is 0 Å². The van der Waals surface area contributed by atoms with Crippen molar-refractivity contribution in [1.29, 1.82) is 0 Å². The predicted octanol–water partition coefficient (Wildman–Crippen LogP) is 3.07. The molecular formula is C24H26N4O4. The fraction of sp³-hybridized carbons (Fsp3) is 0.292. The van der Waals surface area contributed by atoms with Crippen molar-refractivity contribution in [3.63, 3.8) is 0 Å². The van der Waals surface area contributed by atoms with Crippen molar-refractivity contribution in [3.8, 4) is 17.2 Å². The Morgan fingerprint density at radius 3 is 2.34 bits per heavy atom. The second-order valence-electron chi connectivity index (χ2n) is 7.99. The molecule has 0 spiro atoms. The molecule has 4 aromatic rings. The van der Waals surface area contributed by atoms with E-state index < -0.39 is 5.69 Å². The van der Waals surface area contributed by atoms with Crippen LogP contribution in [-0.4, -0.2) is 32.9 Å². The van der Waals surface area contributed by atoms with E-state index in [9.17, 15) is 9.59 Å². The van der Waals surface area contributed by atoms with Crippen molar-refractivity contribution < 1.29 is 9.47 Å². The summed E-state index contributed by atoms with van der Waals surface area (Å²) in [5.41, 5.74) is 1.41. The molecule has 0 aliphatic rings.